The van der Waals surface area contributed by atoms with Crippen molar-refractivity contribution in [1.82, 2.24) is 5.32 Å². The molecular formula is C9H19NO. The van der Waals surface area contributed by atoms with Gasteiger partial charge in [-0.05, 0) is 18.3 Å². The Morgan fingerprint density at radius 1 is 1.36 bits per heavy atom. The van der Waals surface area contributed by atoms with Crippen LogP contribution in [0.15, 0.2) is 0 Å². The van der Waals surface area contributed by atoms with Crippen LogP contribution in [-0.4, -0.2) is 13.0 Å². The van der Waals surface area contributed by atoms with Crippen LogP contribution >= 0.6 is 0 Å². The van der Waals surface area contributed by atoms with Gasteiger partial charge < -0.3 is 5.32 Å². The van der Waals surface area contributed by atoms with Crippen molar-refractivity contribution in [2.45, 2.75) is 33.6 Å². The van der Waals surface area contributed by atoms with E-state index in [9.17, 15) is 4.79 Å². The molecule has 0 rings (SSSR count). The van der Waals surface area contributed by atoms with Crippen LogP contribution in [0.3, 0.4) is 0 Å². The van der Waals surface area contributed by atoms with Crippen molar-refractivity contribution in [3.05, 3.63) is 0 Å². The zero-order valence-electron chi connectivity index (χ0n) is 7.98. The van der Waals surface area contributed by atoms with E-state index in [1.54, 1.807) is 7.05 Å². The Morgan fingerprint density at radius 2 is 1.91 bits per heavy atom. The average Bonchev–Trinajstić information content (AvgIpc) is 1.99. The number of carbonyl (C=O) groups is 1. The first kappa shape index (κ1) is 10.5. The fraction of sp³-hybridized carbons (Fsp3) is 0.889. The van der Waals surface area contributed by atoms with Crippen LogP contribution in [0.2, 0.25) is 0 Å². The fourth-order valence-corrected chi connectivity index (χ4v) is 0.817. The molecule has 0 heterocycles. The summed E-state index contributed by atoms with van der Waals surface area (Å²) in [5.41, 5.74) is 0. The third kappa shape index (κ3) is 4.82. The summed E-state index contributed by atoms with van der Waals surface area (Å²) in [6.45, 7) is 6.57. The highest BCUT2D eigenvalue weighted by molar-refractivity contribution is 5.75. The minimum absolute atomic E-state index is 0.150. The molecule has 0 bridgehead atoms. The Balaban J connectivity index is 3.45. The molecule has 0 aromatic heterocycles. The van der Waals surface area contributed by atoms with Crippen LogP contribution in [-0.2, 0) is 4.79 Å². The lowest BCUT2D eigenvalue weighted by Gasteiger charge is -2.13. The largest absolute Gasteiger partial charge is 0.359 e. The second kappa shape index (κ2) is 5.16. The van der Waals surface area contributed by atoms with E-state index in [0.29, 0.717) is 18.3 Å². The molecule has 0 aromatic rings. The summed E-state index contributed by atoms with van der Waals surface area (Å²) in [6, 6.07) is 0. The predicted octanol–water partition coefficient (Wildman–Crippen LogP) is 1.80. The summed E-state index contributed by atoms with van der Waals surface area (Å²) in [7, 11) is 1.68. The SMILES string of the molecule is CNC(=O)CCC(C)C(C)C. The van der Waals surface area contributed by atoms with E-state index >= 15 is 0 Å². The Kier molecular flexibility index (Phi) is 4.92. The Hall–Kier alpha value is -0.530. The van der Waals surface area contributed by atoms with Crippen molar-refractivity contribution in [1.29, 1.82) is 0 Å². The third-order valence-electron chi connectivity index (χ3n) is 2.24. The van der Waals surface area contributed by atoms with Gasteiger partial charge in [-0.25, -0.2) is 0 Å². The van der Waals surface area contributed by atoms with Gasteiger partial charge in [0.05, 0.1) is 0 Å². The number of nitrogens with one attached hydrogen (secondary N) is 1. The van der Waals surface area contributed by atoms with Gasteiger partial charge in [0.25, 0.3) is 0 Å². The van der Waals surface area contributed by atoms with Crippen LogP contribution in [0.4, 0.5) is 0 Å². The second-order valence-electron chi connectivity index (χ2n) is 3.43. The standard InChI is InChI=1S/C9H19NO/c1-7(2)8(3)5-6-9(11)10-4/h7-8H,5-6H2,1-4H3,(H,10,11). The maximum Gasteiger partial charge on any atom is 0.219 e. The molecule has 0 aliphatic rings. The maximum atomic E-state index is 10.8. The van der Waals surface area contributed by atoms with E-state index in [-0.39, 0.29) is 5.91 Å². The molecule has 2 nitrogen and oxygen atoms in total. The van der Waals surface area contributed by atoms with Gasteiger partial charge in [0, 0.05) is 13.5 Å². The summed E-state index contributed by atoms with van der Waals surface area (Å²) in [4.78, 5) is 10.8. The first-order chi connectivity index (χ1) is 5.07. The van der Waals surface area contributed by atoms with Gasteiger partial charge in [0.2, 0.25) is 5.91 Å². The molecule has 0 spiro atoms. The quantitative estimate of drug-likeness (QED) is 0.662. The van der Waals surface area contributed by atoms with E-state index in [4.69, 9.17) is 0 Å². The van der Waals surface area contributed by atoms with Crippen LogP contribution in [0, 0.1) is 11.8 Å². The molecular weight excluding hydrogens is 138 g/mol. The summed E-state index contributed by atoms with van der Waals surface area (Å²) in [5, 5.41) is 2.62. The number of rotatable bonds is 4. The van der Waals surface area contributed by atoms with Crippen LogP contribution in [0.1, 0.15) is 33.6 Å². The van der Waals surface area contributed by atoms with Gasteiger partial charge in [-0.15, -0.1) is 0 Å². The lowest BCUT2D eigenvalue weighted by Crippen LogP contribution is -2.18. The molecule has 0 aliphatic carbocycles. The van der Waals surface area contributed by atoms with Crippen LogP contribution in [0.25, 0.3) is 0 Å². The van der Waals surface area contributed by atoms with E-state index in [2.05, 4.69) is 26.1 Å². The minimum Gasteiger partial charge on any atom is -0.359 e. The van der Waals surface area contributed by atoms with E-state index < -0.39 is 0 Å². The summed E-state index contributed by atoms with van der Waals surface area (Å²) in [6.07, 6.45) is 1.66. The molecule has 0 fully saturated rings. The van der Waals surface area contributed by atoms with Crippen molar-refractivity contribution < 1.29 is 4.79 Å². The molecule has 2 heteroatoms. The van der Waals surface area contributed by atoms with Gasteiger partial charge in [-0.1, -0.05) is 20.8 Å². The zero-order valence-corrected chi connectivity index (χ0v) is 7.98. The molecule has 0 saturated carbocycles. The van der Waals surface area contributed by atoms with E-state index in [1.165, 1.54) is 0 Å². The highest BCUT2D eigenvalue weighted by atomic mass is 16.1. The van der Waals surface area contributed by atoms with Gasteiger partial charge in [-0.3, -0.25) is 4.79 Å². The van der Waals surface area contributed by atoms with Crippen LogP contribution < -0.4 is 5.32 Å². The summed E-state index contributed by atoms with van der Waals surface area (Å²) < 4.78 is 0. The highest BCUT2D eigenvalue weighted by Crippen LogP contribution is 2.15. The van der Waals surface area contributed by atoms with Crippen LogP contribution in [0.5, 0.6) is 0 Å². The number of carbonyl (C=O) groups excluding carboxylic acids is 1. The molecule has 0 aliphatic heterocycles. The van der Waals surface area contributed by atoms with Gasteiger partial charge in [0.1, 0.15) is 0 Å². The minimum atomic E-state index is 0.150. The third-order valence-corrected chi connectivity index (χ3v) is 2.24. The molecule has 11 heavy (non-hydrogen) atoms. The Labute approximate surface area is 69.4 Å². The van der Waals surface area contributed by atoms with E-state index in [1.807, 2.05) is 0 Å². The molecule has 0 aromatic carbocycles. The summed E-state index contributed by atoms with van der Waals surface area (Å²) >= 11 is 0. The zero-order chi connectivity index (χ0) is 8.85. The molecule has 0 radical (unpaired) electrons. The molecule has 1 N–H and O–H groups in total. The molecule has 1 atom stereocenters. The average molecular weight is 157 g/mol. The molecule has 1 unspecified atom stereocenters. The summed E-state index contributed by atoms with van der Waals surface area (Å²) in [5.74, 6) is 1.48. The lowest BCUT2D eigenvalue weighted by atomic mass is 9.93. The number of amides is 1. The normalized spacial score (nSPS) is 13.2. The maximum absolute atomic E-state index is 10.8. The Morgan fingerprint density at radius 3 is 2.27 bits per heavy atom. The van der Waals surface area contributed by atoms with E-state index in [0.717, 1.165) is 6.42 Å². The van der Waals surface area contributed by atoms with Gasteiger partial charge >= 0.3 is 0 Å². The molecule has 0 saturated heterocycles. The fourth-order valence-electron chi connectivity index (χ4n) is 0.817. The highest BCUT2D eigenvalue weighted by Gasteiger charge is 2.08. The molecule has 66 valence electrons. The number of hydrogen-bond acceptors (Lipinski definition) is 1. The Bertz CT molecular complexity index is 121. The first-order valence-electron chi connectivity index (χ1n) is 4.28. The van der Waals surface area contributed by atoms with Crippen molar-refractivity contribution >= 4 is 5.91 Å². The lowest BCUT2D eigenvalue weighted by molar-refractivity contribution is -0.120. The second-order valence-corrected chi connectivity index (χ2v) is 3.43. The van der Waals surface area contributed by atoms with Gasteiger partial charge in [0.15, 0.2) is 0 Å². The first-order valence-corrected chi connectivity index (χ1v) is 4.28. The van der Waals surface area contributed by atoms with Crippen molar-refractivity contribution in [3.63, 3.8) is 0 Å². The smallest absolute Gasteiger partial charge is 0.219 e. The van der Waals surface area contributed by atoms with Crippen molar-refractivity contribution in [3.8, 4) is 0 Å². The number of hydrogen-bond donors (Lipinski definition) is 1. The monoisotopic (exact) mass is 157 g/mol. The van der Waals surface area contributed by atoms with Gasteiger partial charge in [-0.2, -0.15) is 0 Å². The van der Waals surface area contributed by atoms with Crippen molar-refractivity contribution in [2.75, 3.05) is 7.05 Å². The topological polar surface area (TPSA) is 29.1 Å². The van der Waals surface area contributed by atoms with Crippen molar-refractivity contribution in [2.24, 2.45) is 11.8 Å². The molecule has 1 amide bonds. The predicted molar refractivity (Wildman–Crippen MR) is 47.3 cm³/mol.